The van der Waals surface area contributed by atoms with Gasteiger partial charge in [0.05, 0.1) is 6.20 Å². The van der Waals surface area contributed by atoms with Crippen molar-refractivity contribution in [1.82, 2.24) is 9.97 Å². The number of aromatic nitrogens is 2. The van der Waals surface area contributed by atoms with E-state index in [0.717, 1.165) is 60.0 Å². The molecule has 6 aromatic rings. The Bertz CT molecular complexity index is 1770. The molecule has 0 atom stereocenters. The number of furan rings is 1. The number of rotatable bonds is 1. The van der Waals surface area contributed by atoms with Crippen molar-refractivity contribution in [3.8, 4) is 11.1 Å². The number of thiophene rings is 1. The van der Waals surface area contributed by atoms with Gasteiger partial charge < -0.3 is 14.0 Å². The Labute approximate surface area is 197 Å². The molecule has 0 N–H and O–H groups in total. The second-order valence-electron chi connectivity index (χ2n) is 8.43. The lowest BCUT2D eigenvalue weighted by molar-refractivity contribution is 0.624. The van der Waals surface area contributed by atoms with Crippen LogP contribution in [0, 0.1) is 5.82 Å². The van der Waals surface area contributed by atoms with Gasteiger partial charge in [-0.1, -0.05) is 30.3 Å². The van der Waals surface area contributed by atoms with Gasteiger partial charge in [0.25, 0.3) is 0 Å². The number of para-hydroxylation sites is 1. The van der Waals surface area contributed by atoms with Crippen LogP contribution >= 0.6 is 11.3 Å². The highest BCUT2D eigenvalue weighted by Gasteiger charge is 2.52. The molecule has 8 heteroatoms. The topological polar surface area (TPSA) is 45.4 Å². The average molecular weight is 460 g/mol. The maximum absolute atomic E-state index is 14.6. The van der Waals surface area contributed by atoms with Crippen LogP contribution < -0.4 is 14.4 Å². The second-order valence-corrected chi connectivity index (χ2v) is 9.51. The van der Waals surface area contributed by atoms with E-state index >= 15 is 0 Å². The van der Waals surface area contributed by atoms with E-state index in [1.807, 2.05) is 36.4 Å². The molecule has 2 aliphatic rings. The molecule has 34 heavy (non-hydrogen) atoms. The van der Waals surface area contributed by atoms with Gasteiger partial charge in [-0.2, -0.15) is 0 Å². The first-order chi connectivity index (χ1) is 16.8. The van der Waals surface area contributed by atoms with Crippen molar-refractivity contribution in [3.05, 3.63) is 91.1 Å². The van der Waals surface area contributed by atoms with Crippen molar-refractivity contribution < 1.29 is 8.81 Å². The van der Waals surface area contributed by atoms with Crippen molar-refractivity contribution >= 4 is 67.2 Å². The molecule has 0 aliphatic carbocycles. The third-order valence-electron chi connectivity index (χ3n) is 6.64. The first-order valence-electron chi connectivity index (χ1n) is 11.0. The summed E-state index contributed by atoms with van der Waals surface area (Å²) < 4.78 is 23.3. The summed E-state index contributed by atoms with van der Waals surface area (Å²) in [6.07, 6.45) is 5.16. The summed E-state index contributed by atoms with van der Waals surface area (Å²) in [6, 6.07) is 21.3. The van der Waals surface area contributed by atoms with Crippen LogP contribution in [-0.4, -0.2) is 17.0 Å². The van der Waals surface area contributed by atoms with Gasteiger partial charge in [0.2, 0.25) is 5.88 Å². The monoisotopic (exact) mass is 460 g/mol. The lowest BCUT2D eigenvalue weighted by atomic mass is 9.65. The normalized spacial score (nSPS) is 13.9. The van der Waals surface area contributed by atoms with Crippen LogP contribution in [-0.2, 0) is 0 Å². The van der Waals surface area contributed by atoms with E-state index < -0.39 is 0 Å². The minimum absolute atomic E-state index is 0.222. The lowest BCUT2D eigenvalue weighted by Crippen LogP contribution is -2.54. The van der Waals surface area contributed by atoms with Gasteiger partial charge in [0.1, 0.15) is 22.9 Å². The molecular weight excluding hydrogens is 446 g/mol. The van der Waals surface area contributed by atoms with Crippen LogP contribution in [0.5, 0.6) is 0 Å². The first kappa shape index (κ1) is 18.3. The minimum Gasteiger partial charge on any atom is -0.439 e. The van der Waals surface area contributed by atoms with Crippen LogP contribution in [0.1, 0.15) is 0 Å². The fraction of sp³-hybridized carbons (Fsp3) is 0. The minimum atomic E-state index is -0.256. The predicted octanol–water partition coefficient (Wildman–Crippen LogP) is 6.24. The molecule has 0 bridgehead atoms. The number of benzene rings is 3. The van der Waals surface area contributed by atoms with E-state index in [1.54, 1.807) is 36.0 Å². The zero-order chi connectivity index (χ0) is 22.4. The number of nitrogens with zero attached hydrogens (tertiary/aromatic N) is 4. The van der Waals surface area contributed by atoms with Crippen molar-refractivity contribution in [2.45, 2.75) is 0 Å². The Morgan fingerprint density at radius 1 is 0.912 bits per heavy atom. The van der Waals surface area contributed by atoms with Crippen molar-refractivity contribution in [2.75, 3.05) is 9.62 Å². The molecule has 0 amide bonds. The quantitative estimate of drug-likeness (QED) is 0.272. The van der Waals surface area contributed by atoms with E-state index in [-0.39, 0.29) is 12.8 Å². The Morgan fingerprint density at radius 2 is 1.76 bits per heavy atom. The Hall–Kier alpha value is -4.17. The highest BCUT2D eigenvalue weighted by atomic mass is 32.1. The average Bonchev–Trinajstić information content (AvgIpc) is 3.53. The van der Waals surface area contributed by atoms with Crippen LogP contribution in [0.3, 0.4) is 0 Å². The van der Waals surface area contributed by atoms with Gasteiger partial charge in [-0.25, -0.2) is 9.37 Å². The van der Waals surface area contributed by atoms with Gasteiger partial charge in [0, 0.05) is 44.1 Å². The number of fused-ring (bicyclic) bond motifs is 12. The Morgan fingerprint density at radius 3 is 2.65 bits per heavy atom. The summed E-state index contributed by atoms with van der Waals surface area (Å²) in [5.74, 6) is 1.21. The van der Waals surface area contributed by atoms with Crippen LogP contribution in [0.15, 0.2) is 89.7 Å². The van der Waals surface area contributed by atoms with Crippen LogP contribution in [0.4, 0.5) is 27.5 Å². The van der Waals surface area contributed by atoms with Crippen molar-refractivity contribution in [3.63, 3.8) is 0 Å². The molecule has 160 valence electrons. The second kappa shape index (κ2) is 6.45. The van der Waals surface area contributed by atoms with Gasteiger partial charge in [-0.3, -0.25) is 4.98 Å². The molecule has 5 nitrogen and oxygen atoms in total. The molecule has 5 heterocycles. The van der Waals surface area contributed by atoms with Gasteiger partial charge in [-0.15, -0.1) is 11.3 Å². The summed E-state index contributed by atoms with van der Waals surface area (Å²) in [4.78, 5) is 13.4. The molecule has 0 unspecified atom stereocenters. The summed E-state index contributed by atoms with van der Waals surface area (Å²) >= 11 is 1.73. The Kier molecular flexibility index (Phi) is 3.47. The molecule has 3 aromatic carbocycles. The van der Waals surface area contributed by atoms with Crippen LogP contribution in [0.25, 0.3) is 32.2 Å². The fourth-order valence-corrected chi connectivity index (χ4v) is 6.64. The number of anilines is 4. The molecular formula is C26H14BFN4OS. The van der Waals surface area contributed by atoms with Crippen molar-refractivity contribution in [1.29, 1.82) is 0 Å². The van der Waals surface area contributed by atoms with Gasteiger partial charge in [-0.05, 0) is 41.8 Å². The molecule has 0 fully saturated rings. The third-order valence-corrected chi connectivity index (χ3v) is 7.85. The molecule has 3 aromatic heterocycles. The first-order valence-corrected chi connectivity index (χ1v) is 11.8. The smallest absolute Gasteiger partial charge is 0.435 e. The summed E-state index contributed by atoms with van der Waals surface area (Å²) in [6.45, 7) is -0.222. The molecule has 0 radical (unpaired) electrons. The number of hydrogen-bond donors (Lipinski definition) is 0. The summed E-state index contributed by atoms with van der Waals surface area (Å²) in [7, 11) is 0. The maximum Gasteiger partial charge on any atom is 0.435 e. The van der Waals surface area contributed by atoms with E-state index in [9.17, 15) is 4.39 Å². The maximum atomic E-state index is 14.6. The lowest BCUT2D eigenvalue weighted by Gasteiger charge is -2.33. The van der Waals surface area contributed by atoms with Crippen molar-refractivity contribution in [2.24, 2.45) is 0 Å². The summed E-state index contributed by atoms with van der Waals surface area (Å²) in [5, 5.41) is 2.13. The van der Waals surface area contributed by atoms with E-state index in [2.05, 4.69) is 37.8 Å². The largest absolute Gasteiger partial charge is 0.439 e. The molecule has 0 saturated heterocycles. The fourth-order valence-electron chi connectivity index (χ4n) is 5.34. The summed E-state index contributed by atoms with van der Waals surface area (Å²) in [5.41, 5.74) is 4.59. The molecule has 2 aliphatic heterocycles. The van der Waals surface area contributed by atoms with E-state index in [4.69, 9.17) is 4.42 Å². The predicted molar refractivity (Wildman–Crippen MR) is 135 cm³/mol. The van der Waals surface area contributed by atoms with Gasteiger partial charge in [0.15, 0.2) is 0 Å². The number of halogens is 1. The van der Waals surface area contributed by atoms with E-state index in [1.165, 1.54) is 6.07 Å². The standard InChI is InChI=1S/C26H14BFN4OS/c28-15-9-10-19-18(13-15)23-17-6-2-4-8-21(17)34-25(23)27-31(19)26-24(16-5-1-3-7-20(16)33-26)32(27)22-14-29-11-12-30-22/h1-14H. The van der Waals surface area contributed by atoms with E-state index in [0.29, 0.717) is 0 Å². The SMILES string of the molecule is Fc1ccc2c(c1)-c1c(sc3ccccc13)B1N2c2oc3ccccc3c2N1c1cnccn1. The number of hydrogen-bond acceptors (Lipinski definition) is 6. The third kappa shape index (κ3) is 2.23. The van der Waals surface area contributed by atoms with Crippen LogP contribution in [0.2, 0.25) is 0 Å². The highest BCUT2D eigenvalue weighted by molar-refractivity contribution is 7.31. The Balaban J connectivity index is 1.53. The highest BCUT2D eigenvalue weighted by Crippen LogP contribution is 2.56. The molecule has 8 rings (SSSR count). The zero-order valence-electron chi connectivity index (χ0n) is 17.6. The zero-order valence-corrected chi connectivity index (χ0v) is 18.5. The molecule has 0 spiro atoms. The van der Waals surface area contributed by atoms with Gasteiger partial charge >= 0.3 is 6.98 Å². The molecule has 0 saturated carbocycles.